The highest BCUT2D eigenvalue weighted by Gasteiger charge is 2.14. The van der Waals surface area contributed by atoms with E-state index in [9.17, 15) is 0 Å². The van der Waals surface area contributed by atoms with Crippen LogP contribution in [-0.4, -0.2) is 38.3 Å². The molecule has 1 heterocycles. The van der Waals surface area contributed by atoms with Crippen LogP contribution in [0.25, 0.3) is 0 Å². The molecule has 1 unspecified atom stereocenters. The quantitative estimate of drug-likeness (QED) is 0.839. The number of ether oxygens (including phenoxy) is 1. The van der Waals surface area contributed by atoms with Crippen molar-refractivity contribution >= 4 is 5.69 Å². The average Bonchev–Trinajstić information content (AvgIpc) is 2.70. The Kier molecular flexibility index (Phi) is 3.80. The Morgan fingerprint density at radius 1 is 1.44 bits per heavy atom. The van der Waals surface area contributed by atoms with E-state index in [-0.39, 0.29) is 0 Å². The summed E-state index contributed by atoms with van der Waals surface area (Å²) in [6.45, 7) is 2.70. The number of benzene rings is 1. The van der Waals surface area contributed by atoms with Gasteiger partial charge in [-0.25, -0.2) is 0 Å². The van der Waals surface area contributed by atoms with Crippen LogP contribution in [0.3, 0.4) is 0 Å². The van der Waals surface area contributed by atoms with E-state index < -0.39 is 0 Å². The van der Waals surface area contributed by atoms with Gasteiger partial charge in [-0.15, -0.1) is 0 Å². The van der Waals surface area contributed by atoms with Crippen LogP contribution in [0.5, 0.6) is 0 Å². The molecular weight excluding hydrogens is 200 g/mol. The molecule has 88 valence electrons. The molecule has 2 rings (SSSR count). The van der Waals surface area contributed by atoms with Crippen LogP contribution in [0.4, 0.5) is 5.69 Å². The zero-order chi connectivity index (χ0) is 11.4. The van der Waals surface area contributed by atoms with Gasteiger partial charge >= 0.3 is 0 Å². The zero-order valence-electron chi connectivity index (χ0n) is 10.1. The number of nitrogens with one attached hydrogen (secondary N) is 1. The van der Waals surface area contributed by atoms with E-state index in [1.54, 1.807) is 0 Å². The average molecular weight is 220 g/mol. The Balaban J connectivity index is 1.97. The Labute approximate surface area is 97.4 Å². The maximum absolute atomic E-state index is 5.35. The van der Waals surface area contributed by atoms with Gasteiger partial charge in [-0.05, 0) is 38.2 Å². The third-order valence-electron chi connectivity index (χ3n) is 2.73. The highest BCUT2D eigenvalue weighted by Crippen LogP contribution is 2.16. The van der Waals surface area contributed by atoms with Gasteiger partial charge in [0.2, 0.25) is 0 Å². The molecule has 0 bridgehead atoms. The van der Waals surface area contributed by atoms with Gasteiger partial charge in [0.25, 0.3) is 0 Å². The molecule has 1 aromatic rings. The molecule has 0 saturated carbocycles. The van der Waals surface area contributed by atoms with Crippen molar-refractivity contribution < 1.29 is 4.74 Å². The molecule has 1 aliphatic heterocycles. The molecule has 3 heteroatoms. The Bertz CT molecular complexity index is 332. The summed E-state index contributed by atoms with van der Waals surface area (Å²) < 4.78 is 5.35. The molecule has 1 atom stereocenters. The molecule has 16 heavy (non-hydrogen) atoms. The second-order valence-electron chi connectivity index (χ2n) is 4.64. The standard InChI is InChI=1S/C13H20N2O/c1-15(2)9-11-4-3-5-12(8-11)14-13-6-7-16-10-13/h3-5,8,13-14H,6-7,9-10H2,1-2H3. The largest absolute Gasteiger partial charge is 0.380 e. The molecule has 3 nitrogen and oxygen atoms in total. The molecule has 1 aliphatic rings. The summed E-state index contributed by atoms with van der Waals surface area (Å²) in [7, 11) is 4.18. The number of nitrogens with zero attached hydrogens (tertiary/aromatic N) is 1. The SMILES string of the molecule is CN(C)Cc1cccc(NC2CCOC2)c1. The third kappa shape index (κ3) is 3.22. The van der Waals surface area contributed by atoms with Gasteiger partial charge in [0, 0.05) is 18.8 Å². The maximum Gasteiger partial charge on any atom is 0.0668 e. The van der Waals surface area contributed by atoms with Gasteiger partial charge in [-0.2, -0.15) is 0 Å². The van der Waals surface area contributed by atoms with E-state index in [1.165, 1.54) is 11.3 Å². The summed E-state index contributed by atoms with van der Waals surface area (Å²) >= 11 is 0. The molecule has 0 amide bonds. The topological polar surface area (TPSA) is 24.5 Å². The van der Waals surface area contributed by atoms with Crippen molar-refractivity contribution in [3.63, 3.8) is 0 Å². The molecule has 1 N–H and O–H groups in total. The molecule has 1 fully saturated rings. The second-order valence-corrected chi connectivity index (χ2v) is 4.64. The molecule has 1 saturated heterocycles. The van der Waals surface area contributed by atoms with Crippen LogP contribution in [0.1, 0.15) is 12.0 Å². The van der Waals surface area contributed by atoms with Crippen molar-refractivity contribution in [2.45, 2.75) is 19.0 Å². The second kappa shape index (κ2) is 5.32. The zero-order valence-corrected chi connectivity index (χ0v) is 10.1. The van der Waals surface area contributed by atoms with E-state index >= 15 is 0 Å². The lowest BCUT2D eigenvalue weighted by atomic mass is 10.1. The Hall–Kier alpha value is -1.06. The number of hydrogen-bond acceptors (Lipinski definition) is 3. The Morgan fingerprint density at radius 2 is 2.31 bits per heavy atom. The minimum Gasteiger partial charge on any atom is -0.380 e. The van der Waals surface area contributed by atoms with Crippen molar-refractivity contribution in [1.29, 1.82) is 0 Å². The van der Waals surface area contributed by atoms with E-state index in [1.807, 2.05) is 0 Å². The van der Waals surface area contributed by atoms with Gasteiger partial charge in [0.1, 0.15) is 0 Å². The highest BCUT2D eigenvalue weighted by atomic mass is 16.5. The fourth-order valence-corrected chi connectivity index (χ4v) is 2.01. The fourth-order valence-electron chi connectivity index (χ4n) is 2.01. The molecule has 0 radical (unpaired) electrons. The van der Waals surface area contributed by atoms with Gasteiger partial charge < -0.3 is 15.0 Å². The lowest BCUT2D eigenvalue weighted by Crippen LogP contribution is -2.19. The first kappa shape index (κ1) is 11.4. The number of hydrogen-bond donors (Lipinski definition) is 1. The summed E-state index contributed by atoms with van der Waals surface area (Å²) in [6, 6.07) is 9.10. The van der Waals surface area contributed by atoms with E-state index in [2.05, 4.69) is 48.6 Å². The van der Waals surface area contributed by atoms with Crippen molar-refractivity contribution in [3.05, 3.63) is 29.8 Å². The minimum absolute atomic E-state index is 0.481. The molecule has 0 aromatic heterocycles. The van der Waals surface area contributed by atoms with E-state index in [4.69, 9.17) is 4.74 Å². The summed E-state index contributed by atoms with van der Waals surface area (Å²) in [5, 5.41) is 3.51. The van der Waals surface area contributed by atoms with Crippen molar-refractivity contribution in [1.82, 2.24) is 4.90 Å². The predicted octanol–water partition coefficient (Wildman–Crippen LogP) is 1.95. The van der Waals surface area contributed by atoms with Gasteiger partial charge in [0.15, 0.2) is 0 Å². The predicted molar refractivity (Wildman–Crippen MR) is 66.7 cm³/mol. The van der Waals surface area contributed by atoms with Gasteiger partial charge in [-0.1, -0.05) is 12.1 Å². The van der Waals surface area contributed by atoms with Crippen LogP contribution in [0.15, 0.2) is 24.3 Å². The number of rotatable bonds is 4. The highest BCUT2D eigenvalue weighted by molar-refractivity contribution is 5.46. The lowest BCUT2D eigenvalue weighted by molar-refractivity contribution is 0.195. The first-order valence-electron chi connectivity index (χ1n) is 5.82. The molecule has 1 aromatic carbocycles. The fraction of sp³-hybridized carbons (Fsp3) is 0.538. The minimum atomic E-state index is 0.481. The maximum atomic E-state index is 5.35. The van der Waals surface area contributed by atoms with Gasteiger partial charge in [-0.3, -0.25) is 0 Å². The monoisotopic (exact) mass is 220 g/mol. The normalized spacial score (nSPS) is 20.3. The van der Waals surface area contributed by atoms with Crippen LogP contribution < -0.4 is 5.32 Å². The summed E-state index contributed by atoms with van der Waals surface area (Å²) in [4.78, 5) is 2.18. The summed E-state index contributed by atoms with van der Waals surface area (Å²) in [5.41, 5.74) is 2.55. The first-order chi connectivity index (χ1) is 7.74. The third-order valence-corrected chi connectivity index (χ3v) is 2.73. The van der Waals surface area contributed by atoms with Crippen LogP contribution in [0.2, 0.25) is 0 Å². The lowest BCUT2D eigenvalue weighted by Gasteiger charge is -2.14. The van der Waals surface area contributed by atoms with Crippen molar-refractivity contribution in [2.24, 2.45) is 0 Å². The van der Waals surface area contributed by atoms with E-state index in [0.29, 0.717) is 6.04 Å². The Morgan fingerprint density at radius 3 is 3.00 bits per heavy atom. The van der Waals surface area contributed by atoms with E-state index in [0.717, 1.165) is 26.2 Å². The number of anilines is 1. The van der Waals surface area contributed by atoms with Crippen molar-refractivity contribution in [3.8, 4) is 0 Å². The van der Waals surface area contributed by atoms with Crippen molar-refractivity contribution in [2.75, 3.05) is 32.6 Å². The molecule has 0 aliphatic carbocycles. The molecular formula is C13H20N2O. The summed E-state index contributed by atoms with van der Waals surface area (Å²) in [5.74, 6) is 0. The van der Waals surface area contributed by atoms with Crippen LogP contribution in [0, 0.1) is 0 Å². The summed E-state index contributed by atoms with van der Waals surface area (Å²) in [6.07, 6.45) is 1.11. The smallest absolute Gasteiger partial charge is 0.0668 e. The molecule has 0 spiro atoms. The first-order valence-corrected chi connectivity index (χ1v) is 5.82. The van der Waals surface area contributed by atoms with Crippen LogP contribution in [-0.2, 0) is 11.3 Å². The van der Waals surface area contributed by atoms with Gasteiger partial charge in [0.05, 0.1) is 12.6 Å². The van der Waals surface area contributed by atoms with Crippen LogP contribution >= 0.6 is 0 Å².